The number of hydrogen-bond acceptors (Lipinski definition) is 2. The summed E-state index contributed by atoms with van der Waals surface area (Å²) in [5, 5.41) is 10.9. The third-order valence-electron chi connectivity index (χ3n) is 3.96. The highest BCUT2D eigenvalue weighted by atomic mass is 15.3. The van der Waals surface area contributed by atoms with Gasteiger partial charge in [0.1, 0.15) is 0 Å². The first-order chi connectivity index (χ1) is 8.47. The van der Waals surface area contributed by atoms with Crippen molar-refractivity contribution in [3.05, 3.63) is 11.9 Å². The Kier molecular flexibility index (Phi) is 5.53. The fourth-order valence-corrected chi connectivity index (χ4v) is 2.87. The molecule has 0 aromatic carbocycles. The number of hydrogen-bond donors (Lipinski definition) is 1. The second-order valence-electron chi connectivity index (χ2n) is 5.35. The molecule has 1 fully saturated rings. The lowest BCUT2D eigenvalue weighted by atomic mass is 9.91. The van der Waals surface area contributed by atoms with E-state index in [-0.39, 0.29) is 0 Å². The summed E-state index contributed by atoms with van der Waals surface area (Å²) < 4.78 is 0. The summed E-state index contributed by atoms with van der Waals surface area (Å²) in [6.45, 7) is 0. The highest BCUT2D eigenvalue weighted by Gasteiger charge is 2.14. The Labute approximate surface area is 104 Å². The normalized spacial score (nSPS) is 21.6. The molecular formula is C14H25N3. The molecule has 0 saturated heterocycles. The first-order valence-electron chi connectivity index (χ1n) is 7.33. The topological polar surface area (TPSA) is 41.6 Å². The van der Waals surface area contributed by atoms with E-state index in [1.165, 1.54) is 76.3 Å². The molecule has 0 aliphatic heterocycles. The van der Waals surface area contributed by atoms with Crippen LogP contribution in [-0.4, -0.2) is 15.4 Å². The SMILES string of the molecule is c1[nH]nnc1C1CCCCCCCCCCC1. The van der Waals surface area contributed by atoms with Crippen molar-refractivity contribution in [3.8, 4) is 0 Å². The molecular weight excluding hydrogens is 210 g/mol. The van der Waals surface area contributed by atoms with E-state index in [1.807, 2.05) is 6.20 Å². The van der Waals surface area contributed by atoms with E-state index in [2.05, 4.69) is 15.4 Å². The minimum absolute atomic E-state index is 0.646. The van der Waals surface area contributed by atoms with E-state index in [9.17, 15) is 0 Å². The zero-order valence-electron chi connectivity index (χ0n) is 10.8. The van der Waals surface area contributed by atoms with Crippen LogP contribution in [0.3, 0.4) is 0 Å². The van der Waals surface area contributed by atoms with Gasteiger partial charge in [-0.25, -0.2) is 0 Å². The maximum absolute atomic E-state index is 4.20. The quantitative estimate of drug-likeness (QED) is 0.793. The van der Waals surface area contributed by atoms with E-state index in [0.29, 0.717) is 5.92 Å². The number of aromatic amines is 1. The summed E-state index contributed by atoms with van der Waals surface area (Å²) in [5.41, 5.74) is 1.18. The van der Waals surface area contributed by atoms with Crippen LogP contribution in [0.2, 0.25) is 0 Å². The van der Waals surface area contributed by atoms with Gasteiger partial charge in [-0.05, 0) is 12.8 Å². The minimum Gasteiger partial charge on any atom is -0.265 e. The smallest absolute Gasteiger partial charge is 0.0855 e. The van der Waals surface area contributed by atoms with Crippen molar-refractivity contribution >= 4 is 0 Å². The molecule has 0 amide bonds. The number of nitrogens with one attached hydrogen (secondary N) is 1. The van der Waals surface area contributed by atoms with Gasteiger partial charge in [-0.15, -0.1) is 5.10 Å². The lowest BCUT2D eigenvalue weighted by Crippen LogP contribution is -2.01. The van der Waals surface area contributed by atoms with Gasteiger partial charge in [0.15, 0.2) is 0 Å². The van der Waals surface area contributed by atoms with Gasteiger partial charge in [0.2, 0.25) is 0 Å². The molecule has 1 heterocycles. The molecule has 3 nitrogen and oxygen atoms in total. The van der Waals surface area contributed by atoms with Gasteiger partial charge >= 0.3 is 0 Å². The summed E-state index contributed by atoms with van der Waals surface area (Å²) in [5.74, 6) is 0.646. The first kappa shape index (κ1) is 12.6. The Bertz CT molecular complexity index is 270. The van der Waals surface area contributed by atoms with Crippen LogP contribution < -0.4 is 0 Å². The predicted octanol–water partition coefficient (Wildman–Crippen LogP) is 4.19. The molecule has 1 saturated carbocycles. The van der Waals surface area contributed by atoms with E-state index in [4.69, 9.17) is 0 Å². The maximum atomic E-state index is 4.20. The van der Waals surface area contributed by atoms with Crippen LogP contribution in [0.25, 0.3) is 0 Å². The molecule has 17 heavy (non-hydrogen) atoms. The van der Waals surface area contributed by atoms with Gasteiger partial charge in [-0.3, -0.25) is 5.10 Å². The van der Waals surface area contributed by atoms with Crippen molar-refractivity contribution in [1.82, 2.24) is 15.4 Å². The number of nitrogens with zero attached hydrogens (tertiary/aromatic N) is 2. The highest BCUT2D eigenvalue weighted by Crippen LogP contribution is 2.27. The highest BCUT2D eigenvalue weighted by molar-refractivity contribution is 5.00. The Balaban J connectivity index is 1.84. The summed E-state index contributed by atoms with van der Waals surface area (Å²) in [7, 11) is 0. The monoisotopic (exact) mass is 235 g/mol. The molecule has 0 radical (unpaired) electrons. The Morgan fingerprint density at radius 1 is 0.824 bits per heavy atom. The molecule has 1 aromatic heterocycles. The standard InChI is InChI=1S/C14H25N3/c1-2-4-6-8-10-13(11-9-7-5-3-1)14-12-15-17-16-14/h12-13H,1-11H2,(H,15,16,17). The van der Waals surface area contributed by atoms with Gasteiger partial charge in [0.25, 0.3) is 0 Å². The van der Waals surface area contributed by atoms with Crippen LogP contribution in [0.1, 0.15) is 82.2 Å². The van der Waals surface area contributed by atoms with E-state index >= 15 is 0 Å². The third kappa shape index (κ3) is 4.49. The molecule has 1 aliphatic rings. The van der Waals surface area contributed by atoms with Gasteiger partial charge in [-0.1, -0.05) is 63.0 Å². The second-order valence-corrected chi connectivity index (χ2v) is 5.35. The average molecular weight is 235 g/mol. The molecule has 0 bridgehead atoms. The largest absolute Gasteiger partial charge is 0.265 e. The molecule has 96 valence electrons. The van der Waals surface area contributed by atoms with Crippen molar-refractivity contribution in [2.45, 2.75) is 76.5 Å². The van der Waals surface area contributed by atoms with Crippen molar-refractivity contribution in [2.24, 2.45) is 0 Å². The Morgan fingerprint density at radius 3 is 1.82 bits per heavy atom. The summed E-state index contributed by atoms with van der Waals surface area (Å²) in [6.07, 6.45) is 17.3. The van der Waals surface area contributed by atoms with Gasteiger partial charge in [-0.2, -0.15) is 0 Å². The average Bonchev–Trinajstić information content (AvgIpc) is 2.83. The van der Waals surface area contributed by atoms with Crippen molar-refractivity contribution in [1.29, 1.82) is 0 Å². The van der Waals surface area contributed by atoms with Crippen molar-refractivity contribution < 1.29 is 0 Å². The van der Waals surface area contributed by atoms with Crippen LogP contribution in [0.4, 0.5) is 0 Å². The van der Waals surface area contributed by atoms with Gasteiger partial charge in [0.05, 0.1) is 5.69 Å². The lowest BCUT2D eigenvalue weighted by molar-refractivity contribution is 0.461. The second kappa shape index (κ2) is 7.46. The minimum atomic E-state index is 0.646. The summed E-state index contributed by atoms with van der Waals surface area (Å²) in [6, 6.07) is 0. The predicted molar refractivity (Wildman–Crippen MR) is 69.9 cm³/mol. The fraction of sp³-hybridized carbons (Fsp3) is 0.857. The molecule has 0 spiro atoms. The van der Waals surface area contributed by atoms with E-state index in [0.717, 1.165) is 0 Å². The molecule has 0 atom stereocenters. The van der Waals surface area contributed by atoms with Gasteiger partial charge < -0.3 is 0 Å². The van der Waals surface area contributed by atoms with Crippen LogP contribution in [0, 0.1) is 0 Å². The van der Waals surface area contributed by atoms with Crippen LogP contribution in [0.5, 0.6) is 0 Å². The first-order valence-corrected chi connectivity index (χ1v) is 7.33. The maximum Gasteiger partial charge on any atom is 0.0855 e. The zero-order chi connectivity index (χ0) is 11.8. The van der Waals surface area contributed by atoms with Crippen molar-refractivity contribution in [2.75, 3.05) is 0 Å². The van der Waals surface area contributed by atoms with Crippen LogP contribution in [0.15, 0.2) is 6.20 Å². The summed E-state index contributed by atoms with van der Waals surface area (Å²) >= 11 is 0. The van der Waals surface area contributed by atoms with Crippen LogP contribution in [-0.2, 0) is 0 Å². The molecule has 0 unspecified atom stereocenters. The molecule has 1 aromatic rings. The molecule has 1 aliphatic carbocycles. The molecule has 1 N–H and O–H groups in total. The Morgan fingerprint density at radius 2 is 1.35 bits per heavy atom. The number of aromatic nitrogens is 3. The fourth-order valence-electron chi connectivity index (χ4n) is 2.87. The van der Waals surface area contributed by atoms with Gasteiger partial charge in [0, 0.05) is 12.1 Å². The Hall–Kier alpha value is -0.860. The lowest BCUT2D eigenvalue weighted by Gasteiger charge is -2.15. The molecule has 2 rings (SSSR count). The van der Waals surface area contributed by atoms with Crippen molar-refractivity contribution in [3.63, 3.8) is 0 Å². The number of H-pyrrole nitrogens is 1. The zero-order valence-corrected chi connectivity index (χ0v) is 10.8. The molecule has 3 heteroatoms. The van der Waals surface area contributed by atoms with E-state index in [1.54, 1.807) is 0 Å². The summed E-state index contributed by atoms with van der Waals surface area (Å²) in [4.78, 5) is 0. The van der Waals surface area contributed by atoms with E-state index < -0.39 is 0 Å². The van der Waals surface area contributed by atoms with Crippen LogP contribution >= 0.6 is 0 Å². The third-order valence-corrected chi connectivity index (χ3v) is 3.96. The number of rotatable bonds is 1.